The predicted molar refractivity (Wildman–Crippen MR) is 127 cm³/mol. The van der Waals surface area contributed by atoms with Gasteiger partial charge in [0.15, 0.2) is 0 Å². The lowest BCUT2D eigenvalue weighted by Crippen LogP contribution is -2.39. The summed E-state index contributed by atoms with van der Waals surface area (Å²) in [6.45, 7) is 6.55. The van der Waals surface area contributed by atoms with Crippen LogP contribution in [-0.4, -0.2) is 48.1 Å². The van der Waals surface area contributed by atoms with E-state index in [0.29, 0.717) is 25.9 Å². The predicted octanol–water partition coefficient (Wildman–Crippen LogP) is 2.91. The number of nitrogens with two attached hydrogens (primary N) is 2. The molecule has 0 saturated carbocycles. The van der Waals surface area contributed by atoms with Crippen LogP contribution in [-0.2, 0) is 27.6 Å². The number of benzene rings is 1. The highest BCUT2D eigenvalue weighted by atomic mass is 32.2. The molecule has 1 aliphatic heterocycles. The zero-order valence-electron chi connectivity index (χ0n) is 19.2. The third-order valence-electron chi connectivity index (χ3n) is 5.14. The van der Waals surface area contributed by atoms with Crippen molar-refractivity contribution in [2.24, 2.45) is 5.14 Å². The van der Waals surface area contributed by atoms with Gasteiger partial charge < -0.3 is 15.4 Å². The second-order valence-electron chi connectivity index (χ2n) is 9.05. The van der Waals surface area contributed by atoms with Gasteiger partial charge in [-0.2, -0.15) is 0 Å². The highest BCUT2D eigenvalue weighted by molar-refractivity contribution is 7.89. The summed E-state index contributed by atoms with van der Waals surface area (Å²) in [7, 11) is -3.68. The lowest BCUT2D eigenvalue weighted by molar-refractivity contribution is 0.0270. The molecule has 9 nitrogen and oxygen atoms in total. The molecule has 178 valence electrons. The molecule has 0 spiro atoms. The Balaban J connectivity index is 1.60. The van der Waals surface area contributed by atoms with Gasteiger partial charge in [0.05, 0.1) is 10.6 Å². The minimum atomic E-state index is -3.68. The molecule has 10 heteroatoms. The lowest BCUT2D eigenvalue weighted by Gasteiger charge is -2.29. The molecule has 33 heavy (non-hydrogen) atoms. The van der Waals surface area contributed by atoms with Crippen LogP contribution in [0.15, 0.2) is 41.3 Å². The topological polar surface area (TPSA) is 142 Å². The van der Waals surface area contributed by atoms with E-state index >= 15 is 0 Å². The maximum atomic E-state index is 12.3. The number of carbonyl (C=O) groups is 1. The molecule has 3 rings (SSSR count). The summed E-state index contributed by atoms with van der Waals surface area (Å²) in [6, 6.07) is 8.50. The standard InChI is InChI=1S/C23H31N5O4S/c1-23(2,3)32-22(29)28-13-11-17(12-14-28)20-15-18(26-21(24)27-20)6-4-5-16-7-9-19(10-8-16)33(25,30)31/h7-11,15H,4-6,12-14H2,1-3H3,(H2,24,26,27)(H2,25,30,31). The number of rotatable bonds is 6. The number of sulfonamides is 1. The summed E-state index contributed by atoms with van der Waals surface area (Å²) in [6.07, 6.45) is 4.59. The molecule has 0 unspecified atom stereocenters. The van der Waals surface area contributed by atoms with E-state index in [-0.39, 0.29) is 16.9 Å². The van der Waals surface area contributed by atoms with Crippen molar-refractivity contribution in [3.05, 3.63) is 53.4 Å². The van der Waals surface area contributed by atoms with Crippen LogP contribution in [0, 0.1) is 0 Å². The van der Waals surface area contributed by atoms with Crippen molar-refractivity contribution in [2.75, 3.05) is 18.8 Å². The van der Waals surface area contributed by atoms with E-state index in [0.717, 1.165) is 35.4 Å². The third kappa shape index (κ3) is 7.26. The van der Waals surface area contributed by atoms with Gasteiger partial charge in [0.25, 0.3) is 0 Å². The molecular formula is C23H31N5O4S. The quantitative estimate of drug-likeness (QED) is 0.657. The lowest BCUT2D eigenvalue weighted by atomic mass is 10.0. The van der Waals surface area contributed by atoms with Gasteiger partial charge in [-0.15, -0.1) is 0 Å². The van der Waals surface area contributed by atoms with E-state index in [2.05, 4.69) is 9.97 Å². The molecule has 1 aromatic heterocycles. The van der Waals surface area contributed by atoms with E-state index in [9.17, 15) is 13.2 Å². The number of nitrogen functional groups attached to an aromatic ring is 1. The number of primary sulfonamides is 1. The van der Waals surface area contributed by atoms with E-state index in [1.807, 2.05) is 32.9 Å². The molecule has 2 heterocycles. The molecule has 0 atom stereocenters. The summed E-state index contributed by atoms with van der Waals surface area (Å²) in [5.41, 5.74) is 9.09. The average molecular weight is 474 g/mol. The summed E-state index contributed by atoms with van der Waals surface area (Å²) in [4.78, 5) is 22.8. The Kier molecular flexibility index (Phi) is 7.38. The Morgan fingerprint density at radius 1 is 1.15 bits per heavy atom. The van der Waals surface area contributed by atoms with E-state index in [4.69, 9.17) is 15.6 Å². The van der Waals surface area contributed by atoms with Gasteiger partial charge in [-0.05, 0) is 75.8 Å². The number of hydrogen-bond donors (Lipinski definition) is 2. The number of anilines is 1. The SMILES string of the molecule is CC(C)(C)OC(=O)N1CC=C(c2cc(CCCc3ccc(S(N)(=O)=O)cc3)nc(N)n2)CC1. The summed E-state index contributed by atoms with van der Waals surface area (Å²) >= 11 is 0. The average Bonchev–Trinajstić information content (AvgIpc) is 2.72. The van der Waals surface area contributed by atoms with Gasteiger partial charge in [0.1, 0.15) is 5.60 Å². The molecule has 4 N–H and O–H groups in total. The Labute approximate surface area is 194 Å². The van der Waals surface area contributed by atoms with Crippen LogP contribution in [0.1, 0.15) is 50.6 Å². The van der Waals surface area contributed by atoms with Gasteiger partial charge >= 0.3 is 6.09 Å². The minimum absolute atomic E-state index is 0.102. The zero-order valence-corrected chi connectivity index (χ0v) is 20.1. The van der Waals surface area contributed by atoms with Gasteiger partial charge in [-0.25, -0.2) is 28.3 Å². The molecule has 0 radical (unpaired) electrons. The van der Waals surface area contributed by atoms with Crippen LogP contribution in [0.2, 0.25) is 0 Å². The second kappa shape index (κ2) is 9.88. The van der Waals surface area contributed by atoms with Crippen LogP contribution < -0.4 is 10.9 Å². The zero-order chi connectivity index (χ0) is 24.2. The van der Waals surface area contributed by atoms with Crippen LogP contribution in [0.5, 0.6) is 0 Å². The number of nitrogens with zero attached hydrogens (tertiary/aromatic N) is 3. The van der Waals surface area contributed by atoms with Gasteiger partial charge in [-0.3, -0.25) is 0 Å². The molecule has 1 aliphatic rings. The first-order chi connectivity index (χ1) is 15.4. The molecule has 1 amide bonds. The van der Waals surface area contributed by atoms with Gasteiger partial charge in [0.2, 0.25) is 16.0 Å². The maximum absolute atomic E-state index is 12.3. The Morgan fingerprint density at radius 3 is 2.42 bits per heavy atom. The molecule has 0 fully saturated rings. The number of carbonyl (C=O) groups excluding carboxylic acids is 1. The molecular weight excluding hydrogens is 442 g/mol. The van der Waals surface area contributed by atoms with Crippen molar-refractivity contribution in [2.45, 2.75) is 57.0 Å². The van der Waals surface area contributed by atoms with Crippen molar-refractivity contribution < 1.29 is 17.9 Å². The van der Waals surface area contributed by atoms with E-state index in [1.165, 1.54) is 12.1 Å². The summed E-state index contributed by atoms with van der Waals surface area (Å²) < 4.78 is 28.2. The maximum Gasteiger partial charge on any atom is 0.410 e. The van der Waals surface area contributed by atoms with Gasteiger partial charge in [-0.1, -0.05) is 18.2 Å². The Hall–Kier alpha value is -2.98. The van der Waals surface area contributed by atoms with Crippen molar-refractivity contribution in [3.8, 4) is 0 Å². The molecule has 2 aromatic rings. The number of hydrogen-bond acceptors (Lipinski definition) is 7. The van der Waals surface area contributed by atoms with E-state index < -0.39 is 15.6 Å². The fourth-order valence-corrected chi connectivity index (χ4v) is 4.04. The van der Waals surface area contributed by atoms with Crippen molar-refractivity contribution in [3.63, 3.8) is 0 Å². The highest BCUT2D eigenvalue weighted by Gasteiger charge is 2.24. The molecule has 0 aliphatic carbocycles. The number of amides is 1. The first-order valence-electron chi connectivity index (χ1n) is 10.8. The fourth-order valence-electron chi connectivity index (χ4n) is 3.52. The van der Waals surface area contributed by atoms with Gasteiger partial charge in [0, 0.05) is 18.8 Å². The molecule has 0 saturated heterocycles. The van der Waals surface area contributed by atoms with Crippen molar-refractivity contribution in [1.82, 2.24) is 14.9 Å². The molecule has 1 aromatic carbocycles. The number of aromatic nitrogens is 2. The number of aryl methyl sites for hydroxylation is 2. The van der Waals surface area contributed by atoms with Crippen LogP contribution in [0.25, 0.3) is 5.57 Å². The highest BCUT2D eigenvalue weighted by Crippen LogP contribution is 2.23. The molecule has 0 bridgehead atoms. The Bertz CT molecular complexity index is 1140. The first-order valence-corrected chi connectivity index (χ1v) is 12.4. The smallest absolute Gasteiger partial charge is 0.410 e. The fraction of sp³-hybridized carbons (Fsp3) is 0.435. The third-order valence-corrected chi connectivity index (χ3v) is 6.07. The Morgan fingerprint density at radius 2 is 1.85 bits per heavy atom. The number of ether oxygens (including phenoxy) is 1. The summed E-state index contributed by atoms with van der Waals surface area (Å²) in [5.74, 6) is 0.218. The normalized spacial score (nSPS) is 14.7. The largest absolute Gasteiger partial charge is 0.444 e. The van der Waals surface area contributed by atoms with Crippen molar-refractivity contribution in [1.29, 1.82) is 0 Å². The van der Waals surface area contributed by atoms with Crippen LogP contribution in [0.4, 0.5) is 10.7 Å². The monoisotopic (exact) mass is 473 g/mol. The second-order valence-corrected chi connectivity index (χ2v) is 10.6. The van der Waals surface area contributed by atoms with E-state index in [1.54, 1.807) is 17.0 Å². The minimum Gasteiger partial charge on any atom is -0.444 e. The first kappa shape index (κ1) is 24.7. The van der Waals surface area contributed by atoms with Crippen LogP contribution >= 0.6 is 0 Å². The summed E-state index contributed by atoms with van der Waals surface area (Å²) in [5, 5.41) is 5.14. The van der Waals surface area contributed by atoms with Crippen molar-refractivity contribution >= 4 is 27.6 Å². The van der Waals surface area contributed by atoms with Crippen LogP contribution in [0.3, 0.4) is 0 Å².